The summed E-state index contributed by atoms with van der Waals surface area (Å²) < 4.78 is 5.61. The van der Waals surface area contributed by atoms with Gasteiger partial charge in [-0.1, -0.05) is 31.5 Å². The minimum Gasteiger partial charge on any atom is -0.494 e. The van der Waals surface area contributed by atoms with Gasteiger partial charge in [-0.3, -0.25) is 9.59 Å². The number of carbonyl (C=O) groups is 2. The van der Waals surface area contributed by atoms with E-state index in [1.807, 2.05) is 0 Å². The molecule has 4 N–H and O–H groups in total. The van der Waals surface area contributed by atoms with Crippen molar-refractivity contribution < 1.29 is 14.3 Å². The Bertz CT molecular complexity index is 676. The van der Waals surface area contributed by atoms with E-state index in [0.717, 1.165) is 18.6 Å². The van der Waals surface area contributed by atoms with Crippen LogP contribution in [0.1, 0.15) is 40.5 Å². The lowest BCUT2D eigenvalue weighted by molar-refractivity contribution is 0.0999. The molecule has 2 aromatic carbocycles. The maximum absolute atomic E-state index is 11.7. The molecule has 2 aromatic rings. The van der Waals surface area contributed by atoms with Crippen molar-refractivity contribution in [2.75, 3.05) is 6.61 Å². The summed E-state index contributed by atoms with van der Waals surface area (Å²) in [6.45, 7) is 2.75. The molecule has 0 radical (unpaired) electrons. The Morgan fingerprint density at radius 3 is 2.00 bits per heavy atom. The Kier molecular flexibility index (Phi) is 5.36. The fourth-order valence-corrected chi connectivity index (χ4v) is 2.33. The molecule has 5 heteroatoms. The van der Waals surface area contributed by atoms with Crippen LogP contribution in [0.3, 0.4) is 0 Å². The molecule has 23 heavy (non-hydrogen) atoms. The third-order valence-electron chi connectivity index (χ3n) is 3.50. The first-order valence-corrected chi connectivity index (χ1v) is 7.50. The Balaban J connectivity index is 2.41. The molecular formula is C18H20N2O3. The smallest absolute Gasteiger partial charge is 0.249 e. The van der Waals surface area contributed by atoms with Gasteiger partial charge in [-0.15, -0.1) is 0 Å². The number of unbranched alkanes of at least 4 members (excludes halogenated alkanes) is 1. The van der Waals surface area contributed by atoms with Gasteiger partial charge in [-0.05, 0) is 36.2 Å². The van der Waals surface area contributed by atoms with Crippen molar-refractivity contribution in [1.82, 2.24) is 0 Å². The van der Waals surface area contributed by atoms with Crippen LogP contribution in [0.2, 0.25) is 0 Å². The van der Waals surface area contributed by atoms with Crippen LogP contribution in [-0.2, 0) is 0 Å². The van der Waals surface area contributed by atoms with Gasteiger partial charge in [0.15, 0.2) is 0 Å². The zero-order valence-electron chi connectivity index (χ0n) is 13.0. The molecule has 120 valence electrons. The summed E-state index contributed by atoms with van der Waals surface area (Å²) in [4.78, 5) is 23.3. The van der Waals surface area contributed by atoms with E-state index >= 15 is 0 Å². The predicted molar refractivity (Wildman–Crippen MR) is 89.3 cm³/mol. The number of rotatable bonds is 7. The highest BCUT2D eigenvalue weighted by atomic mass is 16.5. The summed E-state index contributed by atoms with van der Waals surface area (Å²) in [6, 6.07) is 11.9. The summed E-state index contributed by atoms with van der Waals surface area (Å²) in [6.07, 6.45) is 2.05. The van der Waals surface area contributed by atoms with Gasteiger partial charge in [0.05, 0.1) is 6.61 Å². The molecule has 0 saturated heterocycles. The van der Waals surface area contributed by atoms with Crippen LogP contribution >= 0.6 is 0 Å². The summed E-state index contributed by atoms with van der Waals surface area (Å²) in [5, 5.41) is 0. The van der Waals surface area contributed by atoms with Crippen LogP contribution in [0.4, 0.5) is 0 Å². The van der Waals surface area contributed by atoms with E-state index in [1.54, 1.807) is 42.5 Å². The molecule has 0 bridgehead atoms. The van der Waals surface area contributed by atoms with Crippen LogP contribution < -0.4 is 16.2 Å². The van der Waals surface area contributed by atoms with Crippen LogP contribution in [-0.4, -0.2) is 18.4 Å². The molecule has 0 aliphatic heterocycles. The molecule has 0 fully saturated rings. The van der Waals surface area contributed by atoms with Crippen molar-refractivity contribution in [3.8, 4) is 16.9 Å². The van der Waals surface area contributed by atoms with E-state index in [9.17, 15) is 9.59 Å². The lowest BCUT2D eigenvalue weighted by Gasteiger charge is -2.12. The van der Waals surface area contributed by atoms with Crippen LogP contribution in [0.5, 0.6) is 5.75 Å². The molecule has 2 amide bonds. The fraction of sp³-hybridized carbons (Fsp3) is 0.222. The molecule has 0 saturated carbocycles. The standard InChI is InChI=1S/C18H20N2O3/c1-2-3-11-23-13-9-7-12(8-10-13)16-14(17(19)21)5-4-6-15(16)18(20)22/h4-10H,2-3,11H2,1H3,(H2,19,21)(H2,20,22). The number of ether oxygens (including phenoxy) is 1. The lowest BCUT2D eigenvalue weighted by Crippen LogP contribution is -2.18. The molecule has 0 aromatic heterocycles. The Morgan fingerprint density at radius 2 is 1.52 bits per heavy atom. The predicted octanol–water partition coefficient (Wildman–Crippen LogP) is 2.73. The summed E-state index contributed by atoms with van der Waals surface area (Å²) in [7, 11) is 0. The third-order valence-corrected chi connectivity index (χ3v) is 3.50. The molecule has 0 unspecified atom stereocenters. The first kappa shape index (κ1) is 16.5. The largest absolute Gasteiger partial charge is 0.494 e. The number of carbonyl (C=O) groups excluding carboxylic acids is 2. The van der Waals surface area contributed by atoms with Crippen molar-refractivity contribution >= 4 is 11.8 Å². The van der Waals surface area contributed by atoms with Gasteiger partial charge >= 0.3 is 0 Å². The van der Waals surface area contributed by atoms with Crippen molar-refractivity contribution in [2.45, 2.75) is 19.8 Å². The lowest BCUT2D eigenvalue weighted by atomic mass is 9.93. The quantitative estimate of drug-likeness (QED) is 0.769. The van der Waals surface area contributed by atoms with Gasteiger partial charge in [0.25, 0.3) is 0 Å². The van der Waals surface area contributed by atoms with Crippen molar-refractivity contribution in [3.63, 3.8) is 0 Å². The highest BCUT2D eigenvalue weighted by Gasteiger charge is 2.17. The van der Waals surface area contributed by atoms with E-state index in [-0.39, 0.29) is 11.1 Å². The van der Waals surface area contributed by atoms with E-state index in [2.05, 4.69) is 6.92 Å². The van der Waals surface area contributed by atoms with Crippen molar-refractivity contribution in [1.29, 1.82) is 0 Å². The Morgan fingerprint density at radius 1 is 0.957 bits per heavy atom. The summed E-state index contributed by atoms with van der Waals surface area (Å²) in [5.41, 5.74) is 12.5. The SMILES string of the molecule is CCCCOc1ccc(-c2c(C(N)=O)cccc2C(N)=O)cc1. The molecule has 0 aliphatic rings. The minimum absolute atomic E-state index is 0.265. The number of nitrogens with two attached hydrogens (primary N) is 2. The molecular weight excluding hydrogens is 292 g/mol. The highest BCUT2D eigenvalue weighted by molar-refractivity contribution is 6.08. The third kappa shape index (κ3) is 3.88. The van der Waals surface area contributed by atoms with Crippen LogP contribution in [0, 0.1) is 0 Å². The summed E-state index contributed by atoms with van der Waals surface area (Å²) in [5.74, 6) is -0.475. The van der Waals surface area contributed by atoms with E-state index in [1.165, 1.54) is 0 Å². The Labute approximate surface area is 135 Å². The molecule has 0 heterocycles. The second-order valence-electron chi connectivity index (χ2n) is 5.18. The van der Waals surface area contributed by atoms with E-state index < -0.39 is 11.8 Å². The molecule has 5 nitrogen and oxygen atoms in total. The zero-order chi connectivity index (χ0) is 16.8. The second kappa shape index (κ2) is 7.45. The van der Waals surface area contributed by atoms with Gasteiger partial charge < -0.3 is 16.2 Å². The number of primary amides is 2. The molecule has 0 spiro atoms. The topological polar surface area (TPSA) is 95.4 Å². The van der Waals surface area contributed by atoms with Gasteiger partial charge in [0, 0.05) is 16.7 Å². The van der Waals surface area contributed by atoms with Gasteiger partial charge in [-0.25, -0.2) is 0 Å². The van der Waals surface area contributed by atoms with E-state index in [4.69, 9.17) is 16.2 Å². The summed E-state index contributed by atoms with van der Waals surface area (Å²) >= 11 is 0. The molecule has 0 atom stereocenters. The van der Waals surface area contributed by atoms with Gasteiger partial charge in [0.1, 0.15) is 5.75 Å². The minimum atomic E-state index is -0.605. The zero-order valence-corrected chi connectivity index (χ0v) is 13.0. The molecule has 0 aliphatic carbocycles. The van der Waals surface area contributed by atoms with Crippen molar-refractivity contribution in [2.24, 2.45) is 11.5 Å². The monoisotopic (exact) mass is 312 g/mol. The number of amides is 2. The van der Waals surface area contributed by atoms with Crippen molar-refractivity contribution in [3.05, 3.63) is 53.6 Å². The maximum Gasteiger partial charge on any atom is 0.249 e. The Hall–Kier alpha value is -2.82. The highest BCUT2D eigenvalue weighted by Crippen LogP contribution is 2.29. The normalized spacial score (nSPS) is 10.3. The van der Waals surface area contributed by atoms with E-state index in [0.29, 0.717) is 17.7 Å². The fourth-order valence-electron chi connectivity index (χ4n) is 2.33. The number of hydrogen-bond acceptors (Lipinski definition) is 3. The molecule has 2 rings (SSSR count). The van der Waals surface area contributed by atoms with Crippen LogP contribution in [0.25, 0.3) is 11.1 Å². The van der Waals surface area contributed by atoms with Gasteiger partial charge in [0.2, 0.25) is 11.8 Å². The van der Waals surface area contributed by atoms with Gasteiger partial charge in [-0.2, -0.15) is 0 Å². The average molecular weight is 312 g/mol. The number of benzene rings is 2. The average Bonchev–Trinajstić information content (AvgIpc) is 2.55. The number of hydrogen-bond donors (Lipinski definition) is 2. The second-order valence-corrected chi connectivity index (χ2v) is 5.18. The maximum atomic E-state index is 11.7. The first-order valence-electron chi connectivity index (χ1n) is 7.50. The van der Waals surface area contributed by atoms with Crippen LogP contribution in [0.15, 0.2) is 42.5 Å². The first-order chi connectivity index (χ1) is 11.0.